The number of aliphatic hydroxyl groups is 1. The van der Waals surface area contributed by atoms with E-state index in [2.05, 4.69) is 18.7 Å². The molecule has 1 aromatic carbocycles. The fraction of sp³-hybridized carbons (Fsp3) is 0.714. The zero-order chi connectivity index (χ0) is 24.1. The maximum Gasteiger partial charge on any atom is 0.161 e. The summed E-state index contributed by atoms with van der Waals surface area (Å²) in [6.07, 6.45) is 1.98. The summed E-state index contributed by atoms with van der Waals surface area (Å²) in [7, 11) is 35.1. The maximum absolute atomic E-state index is 14.2. The molecule has 0 amide bonds. The van der Waals surface area contributed by atoms with Gasteiger partial charge in [0.25, 0.3) is 0 Å². The molecule has 2 heterocycles. The van der Waals surface area contributed by atoms with E-state index >= 15 is 0 Å². The molecule has 1 aromatic rings. The van der Waals surface area contributed by atoms with E-state index in [1.807, 2.05) is 6.07 Å². The highest BCUT2D eigenvalue weighted by Crippen LogP contribution is 2.46. The van der Waals surface area contributed by atoms with E-state index in [1.54, 1.807) is 6.07 Å². The van der Waals surface area contributed by atoms with Gasteiger partial charge in [-0.25, -0.2) is 0 Å². The van der Waals surface area contributed by atoms with E-state index in [9.17, 15) is 9.50 Å². The summed E-state index contributed by atoms with van der Waals surface area (Å²) in [5.41, 5.74) is -1.09. The molecule has 4 nitrogen and oxygen atoms in total. The summed E-state index contributed by atoms with van der Waals surface area (Å²) in [5, 5.41) is 5.72. The molecule has 3 atom stereocenters. The standard InChI is InChI=1S/C21H26B6FNO3/c1-11(2)6-13-10-29-5-4-12-7-18(32-21(26,27)19(22,23)20(24,25)28)17(31-3)8-14(12)15(29)9-16(13)30/h7-8,11,13,15-16,30H,4-6,9-10H2,1-3H3/t13-,15?,16-/m1/s1. The van der Waals surface area contributed by atoms with Crippen molar-refractivity contribution in [3.05, 3.63) is 23.3 Å². The largest absolute Gasteiger partial charge is 0.504 e. The van der Waals surface area contributed by atoms with Crippen LogP contribution in [0.3, 0.4) is 0 Å². The minimum absolute atomic E-state index is 0.0512. The van der Waals surface area contributed by atoms with Crippen LogP contribution in [0, 0.1) is 11.8 Å². The maximum atomic E-state index is 14.2. The van der Waals surface area contributed by atoms with Crippen LogP contribution in [0.5, 0.6) is 11.5 Å². The predicted molar refractivity (Wildman–Crippen MR) is 129 cm³/mol. The summed E-state index contributed by atoms with van der Waals surface area (Å²) >= 11 is 0. The van der Waals surface area contributed by atoms with Gasteiger partial charge < -0.3 is 14.6 Å². The highest BCUT2D eigenvalue weighted by molar-refractivity contribution is 6.60. The first kappa shape index (κ1) is 25.7. The van der Waals surface area contributed by atoms with Gasteiger partial charge in [0.1, 0.15) is 31.4 Å². The molecule has 0 aliphatic carbocycles. The molecule has 3 rings (SSSR count). The van der Waals surface area contributed by atoms with Gasteiger partial charge in [-0.3, -0.25) is 9.29 Å². The van der Waals surface area contributed by atoms with E-state index in [4.69, 9.17) is 56.6 Å². The molecule has 0 bridgehead atoms. The van der Waals surface area contributed by atoms with E-state index in [1.165, 1.54) is 7.11 Å². The summed E-state index contributed by atoms with van der Waals surface area (Å²) < 4.78 is 25.3. The van der Waals surface area contributed by atoms with Gasteiger partial charge in [0.05, 0.1) is 28.9 Å². The highest BCUT2D eigenvalue weighted by Gasteiger charge is 2.47. The third-order valence-corrected chi connectivity index (χ3v) is 6.71. The van der Waals surface area contributed by atoms with E-state index in [0.29, 0.717) is 18.1 Å². The second-order valence-corrected chi connectivity index (χ2v) is 9.69. The number of rotatable bonds is 7. The smallest absolute Gasteiger partial charge is 0.161 e. The second-order valence-electron chi connectivity index (χ2n) is 9.69. The van der Waals surface area contributed by atoms with Gasteiger partial charge in [-0.05, 0) is 54.4 Å². The van der Waals surface area contributed by atoms with Crippen LogP contribution in [0.25, 0.3) is 0 Å². The molecule has 32 heavy (non-hydrogen) atoms. The fourth-order valence-corrected chi connectivity index (χ4v) is 4.74. The fourth-order valence-electron chi connectivity index (χ4n) is 4.74. The summed E-state index contributed by atoms with van der Waals surface area (Å²) in [5.74, 6) is 1.24. The van der Waals surface area contributed by atoms with Crippen molar-refractivity contribution in [3.8, 4) is 11.5 Å². The van der Waals surface area contributed by atoms with Crippen LogP contribution in [0.1, 0.15) is 43.9 Å². The van der Waals surface area contributed by atoms with E-state index < -0.39 is 16.1 Å². The van der Waals surface area contributed by atoms with Crippen LogP contribution < -0.4 is 9.47 Å². The number of methoxy groups -OCH3 is 1. The molecule has 1 N–H and O–H groups in total. The Morgan fingerprint density at radius 2 is 1.81 bits per heavy atom. The number of fused-ring (bicyclic) bond motifs is 3. The molecular weight excluding hydrogens is 398 g/mol. The van der Waals surface area contributed by atoms with Crippen molar-refractivity contribution in [2.45, 2.75) is 61.3 Å². The first-order valence-corrected chi connectivity index (χ1v) is 10.9. The average molecular weight is 424 g/mol. The molecule has 1 fully saturated rings. The Hall–Kier alpha value is -0.940. The SMILES string of the molecule is [B]C([B])(F)C([B])([B])C([B])([B])Oc1cc2c(cc1OC)C1C[C@@H](O)[C@H](CC(C)C)CN1CC2. The minimum Gasteiger partial charge on any atom is -0.504 e. The van der Waals surface area contributed by atoms with Gasteiger partial charge in [-0.15, -0.1) is 0 Å². The molecule has 158 valence electrons. The number of halogens is 1. The van der Waals surface area contributed by atoms with Crippen molar-refractivity contribution in [2.75, 3.05) is 20.2 Å². The molecule has 11 heteroatoms. The van der Waals surface area contributed by atoms with Crippen molar-refractivity contribution in [3.63, 3.8) is 0 Å². The molecule has 1 unspecified atom stereocenters. The van der Waals surface area contributed by atoms with Crippen LogP contribution in [0.4, 0.5) is 4.39 Å². The number of hydrogen-bond acceptors (Lipinski definition) is 4. The van der Waals surface area contributed by atoms with Crippen LogP contribution in [0.2, 0.25) is 5.21 Å². The summed E-state index contributed by atoms with van der Waals surface area (Å²) in [6, 6.07) is 3.61. The lowest BCUT2D eigenvalue weighted by Gasteiger charge is -2.51. The van der Waals surface area contributed by atoms with Crippen LogP contribution in [-0.4, -0.2) is 94.3 Å². The van der Waals surface area contributed by atoms with E-state index in [-0.39, 0.29) is 23.8 Å². The molecule has 2 aliphatic heterocycles. The van der Waals surface area contributed by atoms with E-state index in [0.717, 1.165) is 37.1 Å². The molecule has 0 saturated carbocycles. The average Bonchev–Trinajstić information content (AvgIpc) is 2.66. The Labute approximate surface area is 199 Å². The number of ether oxygens (including phenoxy) is 2. The zero-order valence-electron chi connectivity index (χ0n) is 19.1. The first-order chi connectivity index (χ1) is 14.7. The predicted octanol–water partition coefficient (Wildman–Crippen LogP) is 0.804. The van der Waals surface area contributed by atoms with Crippen molar-refractivity contribution in [1.82, 2.24) is 4.90 Å². The Morgan fingerprint density at radius 1 is 1.16 bits per heavy atom. The van der Waals surface area contributed by atoms with Crippen LogP contribution in [-0.2, 0) is 6.42 Å². The van der Waals surface area contributed by atoms with Gasteiger partial charge in [0, 0.05) is 30.0 Å². The Kier molecular flexibility index (Phi) is 7.24. The minimum atomic E-state index is -3.11. The van der Waals surface area contributed by atoms with Crippen LogP contribution >= 0.6 is 0 Å². The van der Waals surface area contributed by atoms with Gasteiger partial charge in [0.15, 0.2) is 11.5 Å². The van der Waals surface area contributed by atoms with Gasteiger partial charge in [0.2, 0.25) is 0 Å². The lowest BCUT2D eigenvalue weighted by atomic mass is 9.25. The van der Waals surface area contributed by atoms with Crippen LogP contribution in [0.15, 0.2) is 12.1 Å². The number of aliphatic hydroxyl groups excluding tert-OH is 1. The number of hydrogen-bond donors (Lipinski definition) is 1. The third kappa shape index (κ3) is 4.80. The monoisotopic (exact) mass is 425 g/mol. The molecule has 0 aromatic heterocycles. The number of piperidine rings is 1. The lowest BCUT2D eigenvalue weighted by molar-refractivity contribution is -0.0192. The lowest BCUT2D eigenvalue weighted by Crippen LogP contribution is -2.60. The van der Waals surface area contributed by atoms with Gasteiger partial charge >= 0.3 is 0 Å². The Morgan fingerprint density at radius 3 is 2.38 bits per heavy atom. The molecular formula is C21H26B6FNO3. The summed E-state index contributed by atoms with van der Waals surface area (Å²) in [6.45, 7) is 6.02. The first-order valence-electron chi connectivity index (χ1n) is 10.9. The number of benzene rings is 1. The van der Waals surface area contributed by atoms with Gasteiger partial charge in [-0.2, -0.15) is 0 Å². The normalized spacial score (nSPS) is 24.6. The van der Waals surface area contributed by atoms with Crippen molar-refractivity contribution < 1.29 is 19.0 Å². The summed E-state index contributed by atoms with van der Waals surface area (Å²) in [4.78, 5) is 2.41. The third-order valence-electron chi connectivity index (χ3n) is 6.71. The molecule has 0 spiro atoms. The van der Waals surface area contributed by atoms with Crippen molar-refractivity contribution in [1.29, 1.82) is 0 Å². The van der Waals surface area contributed by atoms with Crippen molar-refractivity contribution in [2.24, 2.45) is 11.8 Å². The zero-order valence-corrected chi connectivity index (χ0v) is 19.1. The van der Waals surface area contributed by atoms with Crippen molar-refractivity contribution >= 4 is 47.1 Å². The second kappa shape index (κ2) is 9.02. The molecule has 12 radical (unpaired) electrons. The number of nitrogens with zero attached hydrogens (tertiary/aromatic N) is 1. The highest BCUT2D eigenvalue weighted by atomic mass is 19.1. The Balaban J connectivity index is 1.90. The molecule has 2 aliphatic rings. The quantitative estimate of drug-likeness (QED) is 0.658. The Bertz CT molecular complexity index is 832. The topological polar surface area (TPSA) is 41.9 Å². The molecule has 1 saturated heterocycles. The number of alkyl halides is 1. The van der Waals surface area contributed by atoms with Gasteiger partial charge in [-0.1, -0.05) is 19.1 Å².